The van der Waals surface area contributed by atoms with E-state index in [1.165, 1.54) is 18.4 Å². The molecular formula is C14H15N5O2S. The van der Waals surface area contributed by atoms with E-state index in [1.807, 2.05) is 6.20 Å². The predicted molar refractivity (Wildman–Crippen MR) is 83.7 cm³/mol. The molecule has 2 aromatic heterocycles. The van der Waals surface area contributed by atoms with Crippen LogP contribution in [-0.4, -0.2) is 41.4 Å². The number of hydrogen-bond donors (Lipinski definition) is 1. The van der Waals surface area contributed by atoms with Crippen molar-refractivity contribution in [3.63, 3.8) is 0 Å². The lowest BCUT2D eigenvalue weighted by Gasteiger charge is -2.11. The highest BCUT2D eigenvalue weighted by molar-refractivity contribution is 7.89. The van der Waals surface area contributed by atoms with Crippen molar-refractivity contribution in [2.75, 3.05) is 19.8 Å². The third-order valence-corrected chi connectivity index (χ3v) is 5.19. The molecule has 0 atom stereocenters. The highest BCUT2D eigenvalue weighted by Crippen LogP contribution is 2.23. The summed E-state index contributed by atoms with van der Waals surface area (Å²) in [5, 5.41) is 8.18. The van der Waals surface area contributed by atoms with Crippen LogP contribution in [0.1, 0.15) is 0 Å². The number of aromatic nitrogens is 3. The molecule has 0 saturated carbocycles. The predicted octanol–water partition coefficient (Wildman–Crippen LogP) is 1.23. The average Bonchev–Trinajstić information content (AvgIpc) is 2.92. The molecule has 7 nitrogen and oxygen atoms in total. The van der Waals surface area contributed by atoms with E-state index in [1.54, 1.807) is 40.8 Å². The Bertz CT molecular complexity index is 930. The first-order chi connectivity index (χ1) is 10.4. The molecule has 0 spiro atoms. The lowest BCUT2D eigenvalue weighted by atomic mass is 10.2. The quantitative estimate of drug-likeness (QED) is 0.784. The summed E-state index contributed by atoms with van der Waals surface area (Å²) in [6.07, 6.45) is 1.81. The highest BCUT2D eigenvalue weighted by Gasteiger charge is 2.17. The fourth-order valence-corrected chi connectivity index (χ4v) is 3.02. The molecule has 3 aromatic rings. The van der Waals surface area contributed by atoms with Crippen LogP contribution in [0.15, 0.2) is 47.5 Å². The van der Waals surface area contributed by atoms with E-state index in [9.17, 15) is 8.42 Å². The zero-order valence-corrected chi connectivity index (χ0v) is 12.9. The van der Waals surface area contributed by atoms with Gasteiger partial charge in [-0.2, -0.15) is 0 Å². The molecule has 0 bridgehead atoms. The summed E-state index contributed by atoms with van der Waals surface area (Å²) in [6, 6.07) is 10.1. The van der Waals surface area contributed by atoms with Crippen LogP contribution in [-0.2, 0) is 10.0 Å². The summed E-state index contributed by atoms with van der Waals surface area (Å²) in [7, 11) is -0.445. The van der Waals surface area contributed by atoms with E-state index in [2.05, 4.69) is 10.2 Å². The van der Waals surface area contributed by atoms with Gasteiger partial charge in [-0.25, -0.2) is 12.7 Å². The van der Waals surface area contributed by atoms with E-state index >= 15 is 0 Å². The maximum Gasteiger partial charge on any atom is 0.242 e. The molecule has 0 aliphatic heterocycles. The SMILES string of the molecule is CN(C)S(=O)(=O)c1ccc(-c2nnc3c(N)cccn23)cc1. The Morgan fingerprint density at radius 1 is 1.09 bits per heavy atom. The van der Waals surface area contributed by atoms with Crippen molar-refractivity contribution in [2.24, 2.45) is 0 Å². The van der Waals surface area contributed by atoms with Gasteiger partial charge < -0.3 is 5.73 Å². The minimum absolute atomic E-state index is 0.231. The number of fused-ring (bicyclic) bond motifs is 1. The van der Waals surface area contributed by atoms with Crippen LogP contribution in [0.25, 0.3) is 17.0 Å². The minimum atomic E-state index is -3.44. The van der Waals surface area contributed by atoms with Crippen LogP contribution in [0.5, 0.6) is 0 Å². The third kappa shape index (κ3) is 2.22. The number of hydrogen-bond acceptors (Lipinski definition) is 5. The van der Waals surface area contributed by atoms with Gasteiger partial charge in [0.2, 0.25) is 10.0 Å². The van der Waals surface area contributed by atoms with Crippen LogP contribution >= 0.6 is 0 Å². The molecule has 0 radical (unpaired) electrons. The fourth-order valence-electron chi connectivity index (χ4n) is 2.12. The second kappa shape index (κ2) is 5.08. The topological polar surface area (TPSA) is 93.6 Å². The Morgan fingerprint density at radius 2 is 1.77 bits per heavy atom. The molecule has 0 aliphatic rings. The van der Waals surface area contributed by atoms with E-state index < -0.39 is 10.0 Å². The van der Waals surface area contributed by atoms with Gasteiger partial charge in [-0.15, -0.1) is 10.2 Å². The van der Waals surface area contributed by atoms with E-state index in [0.29, 0.717) is 17.2 Å². The summed E-state index contributed by atoms with van der Waals surface area (Å²) in [4.78, 5) is 0.231. The van der Waals surface area contributed by atoms with E-state index in [-0.39, 0.29) is 4.90 Å². The smallest absolute Gasteiger partial charge is 0.242 e. The number of rotatable bonds is 3. The number of anilines is 1. The van der Waals surface area contributed by atoms with Crippen molar-refractivity contribution in [1.82, 2.24) is 18.9 Å². The normalized spacial score (nSPS) is 12.1. The molecule has 3 rings (SSSR count). The number of nitrogens with two attached hydrogens (primary N) is 1. The van der Waals surface area contributed by atoms with Crippen LogP contribution in [0, 0.1) is 0 Å². The molecule has 2 N–H and O–H groups in total. The van der Waals surface area contributed by atoms with Gasteiger partial charge in [0, 0.05) is 25.9 Å². The Morgan fingerprint density at radius 3 is 2.41 bits per heavy atom. The van der Waals surface area contributed by atoms with Gasteiger partial charge in [0.25, 0.3) is 0 Å². The molecular weight excluding hydrogens is 302 g/mol. The summed E-state index contributed by atoms with van der Waals surface area (Å²) in [5.74, 6) is 0.608. The number of sulfonamides is 1. The highest BCUT2D eigenvalue weighted by atomic mass is 32.2. The van der Waals surface area contributed by atoms with Gasteiger partial charge in [0.1, 0.15) is 0 Å². The number of nitrogen functional groups attached to an aromatic ring is 1. The van der Waals surface area contributed by atoms with E-state index in [0.717, 1.165) is 5.56 Å². The molecule has 0 fully saturated rings. The molecule has 0 saturated heterocycles. The summed E-state index contributed by atoms with van der Waals surface area (Å²) >= 11 is 0. The molecule has 1 aromatic carbocycles. The minimum Gasteiger partial charge on any atom is -0.396 e. The Balaban J connectivity index is 2.08. The second-order valence-electron chi connectivity index (χ2n) is 4.99. The molecule has 2 heterocycles. The molecule has 8 heteroatoms. The first kappa shape index (κ1) is 14.5. The number of benzene rings is 1. The van der Waals surface area contributed by atoms with Gasteiger partial charge in [-0.05, 0) is 36.4 Å². The number of pyridine rings is 1. The fraction of sp³-hybridized carbons (Fsp3) is 0.143. The molecule has 0 aliphatic carbocycles. The third-order valence-electron chi connectivity index (χ3n) is 3.36. The Hall–Kier alpha value is -2.45. The first-order valence-corrected chi connectivity index (χ1v) is 7.97. The van der Waals surface area contributed by atoms with Gasteiger partial charge in [-0.3, -0.25) is 4.40 Å². The van der Waals surface area contributed by atoms with Gasteiger partial charge >= 0.3 is 0 Å². The Kier molecular flexibility index (Phi) is 3.34. The molecule has 0 amide bonds. The van der Waals surface area contributed by atoms with Crippen LogP contribution in [0.2, 0.25) is 0 Å². The summed E-state index contributed by atoms with van der Waals surface area (Å²) < 4.78 is 27.1. The summed E-state index contributed by atoms with van der Waals surface area (Å²) in [5.41, 5.74) is 7.72. The van der Waals surface area contributed by atoms with Crippen molar-refractivity contribution in [3.05, 3.63) is 42.6 Å². The van der Waals surface area contributed by atoms with E-state index in [4.69, 9.17) is 5.73 Å². The largest absolute Gasteiger partial charge is 0.396 e. The molecule has 114 valence electrons. The zero-order chi connectivity index (χ0) is 15.9. The van der Waals surface area contributed by atoms with Crippen molar-refractivity contribution >= 4 is 21.4 Å². The zero-order valence-electron chi connectivity index (χ0n) is 12.1. The van der Waals surface area contributed by atoms with Crippen LogP contribution in [0.4, 0.5) is 5.69 Å². The lowest BCUT2D eigenvalue weighted by molar-refractivity contribution is 0.521. The molecule has 0 unspecified atom stereocenters. The maximum atomic E-state index is 12.1. The van der Waals surface area contributed by atoms with Gasteiger partial charge in [-0.1, -0.05) is 0 Å². The average molecular weight is 317 g/mol. The molecule has 22 heavy (non-hydrogen) atoms. The second-order valence-corrected chi connectivity index (χ2v) is 7.14. The Labute approximate surface area is 128 Å². The standard InChI is InChI=1S/C14H15N5O2S/c1-18(2)22(20,21)11-7-5-10(6-8-11)13-16-17-14-12(15)4-3-9-19(13)14/h3-9H,15H2,1-2H3. The van der Waals surface area contributed by atoms with Gasteiger partial charge in [0.15, 0.2) is 11.5 Å². The van der Waals surface area contributed by atoms with Crippen molar-refractivity contribution in [1.29, 1.82) is 0 Å². The maximum absolute atomic E-state index is 12.1. The monoisotopic (exact) mass is 317 g/mol. The summed E-state index contributed by atoms with van der Waals surface area (Å²) in [6.45, 7) is 0. The van der Waals surface area contributed by atoms with Crippen LogP contribution < -0.4 is 5.73 Å². The lowest BCUT2D eigenvalue weighted by Crippen LogP contribution is -2.22. The first-order valence-electron chi connectivity index (χ1n) is 6.53. The van der Waals surface area contributed by atoms with Crippen molar-refractivity contribution < 1.29 is 8.42 Å². The number of nitrogens with zero attached hydrogens (tertiary/aromatic N) is 4. The van der Waals surface area contributed by atoms with Crippen LogP contribution in [0.3, 0.4) is 0 Å². The van der Waals surface area contributed by atoms with Crippen molar-refractivity contribution in [3.8, 4) is 11.4 Å². The van der Waals surface area contributed by atoms with Crippen molar-refractivity contribution in [2.45, 2.75) is 4.90 Å². The van der Waals surface area contributed by atoms with Gasteiger partial charge in [0.05, 0.1) is 10.6 Å².